The molecule has 1 heterocycles. The highest BCUT2D eigenvalue weighted by Crippen LogP contribution is 2.21. The zero-order valence-electron chi connectivity index (χ0n) is 9.78. The van der Waals surface area contributed by atoms with E-state index < -0.39 is 0 Å². The molecule has 94 valence electrons. The number of aromatic nitrogens is 2. The molecule has 0 aliphatic carbocycles. The summed E-state index contributed by atoms with van der Waals surface area (Å²) in [5.41, 5.74) is 18.4. The van der Waals surface area contributed by atoms with E-state index in [9.17, 15) is 0 Å². The summed E-state index contributed by atoms with van der Waals surface area (Å²) in [6.45, 7) is 0. The van der Waals surface area contributed by atoms with Gasteiger partial charge in [0.15, 0.2) is 5.16 Å². The molecular formula is C12H15N5S. The van der Waals surface area contributed by atoms with Crippen molar-refractivity contribution in [2.75, 3.05) is 17.2 Å². The van der Waals surface area contributed by atoms with Gasteiger partial charge in [0.25, 0.3) is 0 Å². The molecule has 0 saturated carbocycles. The van der Waals surface area contributed by atoms with Crippen LogP contribution < -0.4 is 17.2 Å². The van der Waals surface area contributed by atoms with Crippen LogP contribution in [0.25, 0.3) is 0 Å². The van der Waals surface area contributed by atoms with Crippen LogP contribution in [0.2, 0.25) is 0 Å². The Kier molecular flexibility index (Phi) is 4.01. The Balaban J connectivity index is 1.99. The van der Waals surface area contributed by atoms with Crippen LogP contribution in [-0.2, 0) is 0 Å². The van der Waals surface area contributed by atoms with Crippen molar-refractivity contribution in [3.05, 3.63) is 42.0 Å². The Labute approximate surface area is 110 Å². The van der Waals surface area contributed by atoms with E-state index in [1.807, 2.05) is 30.3 Å². The molecule has 0 bridgehead atoms. The van der Waals surface area contributed by atoms with Crippen LogP contribution in [0.3, 0.4) is 0 Å². The van der Waals surface area contributed by atoms with E-state index in [2.05, 4.69) is 9.97 Å². The van der Waals surface area contributed by atoms with Crippen LogP contribution in [0.1, 0.15) is 11.6 Å². The summed E-state index contributed by atoms with van der Waals surface area (Å²) in [7, 11) is 0. The molecule has 0 spiro atoms. The minimum Gasteiger partial charge on any atom is -0.383 e. The lowest BCUT2D eigenvalue weighted by Gasteiger charge is -2.10. The summed E-state index contributed by atoms with van der Waals surface area (Å²) >= 11 is 1.44. The van der Waals surface area contributed by atoms with Crippen LogP contribution in [0.15, 0.2) is 41.6 Å². The highest BCUT2D eigenvalue weighted by molar-refractivity contribution is 7.99. The van der Waals surface area contributed by atoms with Gasteiger partial charge >= 0.3 is 0 Å². The van der Waals surface area contributed by atoms with Crippen molar-refractivity contribution in [1.29, 1.82) is 0 Å². The molecule has 5 nitrogen and oxygen atoms in total. The van der Waals surface area contributed by atoms with Crippen molar-refractivity contribution in [3.8, 4) is 0 Å². The van der Waals surface area contributed by atoms with Gasteiger partial charge in [-0.1, -0.05) is 42.1 Å². The normalized spacial score (nSPS) is 12.3. The number of rotatable bonds is 4. The Morgan fingerprint density at radius 2 is 1.67 bits per heavy atom. The third-order valence-electron chi connectivity index (χ3n) is 2.36. The molecular weight excluding hydrogens is 246 g/mol. The number of nitrogen functional groups attached to an aromatic ring is 2. The molecule has 0 saturated heterocycles. The predicted molar refractivity (Wildman–Crippen MR) is 75.0 cm³/mol. The molecule has 0 amide bonds. The van der Waals surface area contributed by atoms with Crippen molar-refractivity contribution >= 4 is 23.4 Å². The summed E-state index contributed by atoms with van der Waals surface area (Å²) in [6, 6.07) is 11.4. The van der Waals surface area contributed by atoms with E-state index in [4.69, 9.17) is 17.2 Å². The van der Waals surface area contributed by atoms with Gasteiger partial charge in [-0.3, -0.25) is 0 Å². The average molecular weight is 261 g/mol. The molecule has 0 aliphatic rings. The fraction of sp³-hybridized carbons (Fsp3) is 0.167. The molecule has 0 aliphatic heterocycles. The largest absolute Gasteiger partial charge is 0.383 e. The van der Waals surface area contributed by atoms with E-state index in [0.717, 1.165) is 5.56 Å². The average Bonchev–Trinajstić information content (AvgIpc) is 2.36. The summed E-state index contributed by atoms with van der Waals surface area (Å²) in [4.78, 5) is 8.19. The molecule has 1 unspecified atom stereocenters. The fourth-order valence-electron chi connectivity index (χ4n) is 1.49. The maximum Gasteiger partial charge on any atom is 0.191 e. The summed E-state index contributed by atoms with van der Waals surface area (Å²) in [6.07, 6.45) is 0. The van der Waals surface area contributed by atoms with Gasteiger partial charge in [-0.25, -0.2) is 9.97 Å². The Hall–Kier alpha value is -1.79. The summed E-state index contributed by atoms with van der Waals surface area (Å²) in [5, 5.41) is 0.555. The van der Waals surface area contributed by atoms with Crippen LogP contribution in [0.5, 0.6) is 0 Å². The van der Waals surface area contributed by atoms with Crippen LogP contribution >= 0.6 is 11.8 Å². The first kappa shape index (κ1) is 12.7. The number of benzene rings is 1. The maximum absolute atomic E-state index is 6.08. The summed E-state index contributed by atoms with van der Waals surface area (Å²) in [5.74, 6) is 1.42. The third-order valence-corrected chi connectivity index (χ3v) is 3.33. The number of hydrogen-bond acceptors (Lipinski definition) is 6. The van der Waals surface area contributed by atoms with Gasteiger partial charge in [-0.15, -0.1) is 0 Å². The second kappa shape index (κ2) is 5.70. The molecule has 0 fully saturated rings. The lowest BCUT2D eigenvalue weighted by molar-refractivity contribution is 0.827. The molecule has 1 aromatic heterocycles. The lowest BCUT2D eigenvalue weighted by Crippen LogP contribution is -2.13. The Morgan fingerprint density at radius 3 is 2.28 bits per heavy atom. The standard InChI is InChI=1S/C12H15N5S/c13-9(8-4-2-1-3-5-8)7-18-12-16-10(14)6-11(15)17-12/h1-6,9H,7,13H2,(H4,14,15,16,17). The second-order valence-electron chi connectivity index (χ2n) is 3.83. The van der Waals surface area contributed by atoms with E-state index in [0.29, 0.717) is 22.5 Å². The van der Waals surface area contributed by atoms with Crippen molar-refractivity contribution in [1.82, 2.24) is 9.97 Å². The SMILES string of the molecule is Nc1cc(N)nc(SCC(N)c2ccccc2)n1. The first-order valence-corrected chi connectivity index (χ1v) is 6.47. The number of anilines is 2. The number of nitrogens with two attached hydrogens (primary N) is 3. The van der Waals surface area contributed by atoms with E-state index in [1.165, 1.54) is 17.8 Å². The molecule has 2 aromatic rings. The monoisotopic (exact) mass is 261 g/mol. The first-order chi connectivity index (χ1) is 8.65. The smallest absolute Gasteiger partial charge is 0.191 e. The maximum atomic E-state index is 6.08. The quantitative estimate of drug-likeness (QED) is 0.568. The van der Waals surface area contributed by atoms with Crippen molar-refractivity contribution < 1.29 is 0 Å². The topological polar surface area (TPSA) is 104 Å². The van der Waals surface area contributed by atoms with Gasteiger partial charge in [-0.05, 0) is 5.56 Å². The van der Waals surface area contributed by atoms with E-state index >= 15 is 0 Å². The molecule has 0 radical (unpaired) electrons. The molecule has 6 N–H and O–H groups in total. The Morgan fingerprint density at radius 1 is 1.06 bits per heavy atom. The lowest BCUT2D eigenvalue weighted by atomic mass is 10.1. The minimum atomic E-state index is -0.0672. The van der Waals surface area contributed by atoms with Gasteiger partial charge in [0.05, 0.1) is 0 Å². The molecule has 6 heteroatoms. The van der Waals surface area contributed by atoms with Gasteiger partial charge in [0.1, 0.15) is 11.6 Å². The van der Waals surface area contributed by atoms with E-state index in [1.54, 1.807) is 0 Å². The Bertz CT molecular complexity index is 497. The highest BCUT2D eigenvalue weighted by Gasteiger charge is 2.08. The minimum absolute atomic E-state index is 0.0672. The zero-order chi connectivity index (χ0) is 13.0. The van der Waals surface area contributed by atoms with Crippen LogP contribution in [-0.4, -0.2) is 15.7 Å². The number of nitrogens with zero attached hydrogens (tertiary/aromatic N) is 2. The van der Waals surface area contributed by atoms with Crippen molar-refractivity contribution in [2.45, 2.75) is 11.2 Å². The predicted octanol–water partition coefficient (Wildman–Crippen LogP) is 1.43. The van der Waals surface area contributed by atoms with Gasteiger partial charge in [0, 0.05) is 17.9 Å². The van der Waals surface area contributed by atoms with Gasteiger partial charge in [-0.2, -0.15) is 0 Å². The fourth-order valence-corrected chi connectivity index (χ4v) is 2.35. The summed E-state index contributed by atoms with van der Waals surface area (Å²) < 4.78 is 0. The van der Waals surface area contributed by atoms with Crippen molar-refractivity contribution in [3.63, 3.8) is 0 Å². The zero-order valence-corrected chi connectivity index (χ0v) is 10.6. The van der Waals surface area contributed by atoms with E-state index in [-0.39, 0.29) is 6.04 Å². The van der Waals surface area contributed by atoms with Crippen LogP contribution in [0.4, 0.5) is 11.6 Å². The molecule has 18 heavy (non-hydrogen) atoms. The first-order valence-electron chi connectivity index (χ1n) is 5.48. The van der Waals surface area contributed by atoms with Crippen LogP contribution in [0, 0.1) is 0 Å². The van der Waals surface area contributed by atoms with Crippen molar-refractivity contribution in [2.24, 2.45) is 5.73 Å². The van der Waals surface area contributed by atoms with Gasteiger partial charge < -0.3 is 17.2 Å². The highest BCUT2D eigenvalue weighted by atomic mass is 32.2. The second-order valence-corrected chi connectivity index (χ2v) is 4.82. The number of hydrogen-bond donors (Lipinski definition) is 3. The number of thioether (sulfide) groups is 1. The van der Waals surface area contributed by atoms with Gasteiger partial charge in [0.2, 0.25) is 0 Å². The molecule has 1 atom stereocenters. The molecule has 2 rings (SSSR count). The molecule has 1 aromatic carbocycles. The third kappa shape index (κ3) is 3.35.